The Morgan fingerprint density at radius 2 is 2.04 bits per heavy atom. The maximum Gasteiger partial charge on any atom is 0.305 e. The third-order valence-corrected chi connectivity index (χ3v) is 4.30. The van der Waals surface area contributed by atoms with Crippen molar-refractivity contribution in [2.24, 2.45) is 4.99 Å². The van der Waals surface area contributed by atoms with E-state index in [1.807, 2.05) is 20.8 Å². The van der Waals surface area contributed by atoms with Crippen molar-refractivity contribution in [1.29, 1.82) is 0 Å². The third kappa shape index (κ3) is 9.41. The molecule has 0 aliphatic rings. The third-order valence-electron chi connectivity index (χ3n) is 3.16. The molecular formula is C16H29IN4O2S. The lowest BCUT2D eigenvalue weighted by atomic mass is 10.3. The summed E-state index contributed by atoms with van der Waals surface area (Å²) in [6.07, 6.45) is 1.99. The van der Waals surface area contributed by atoms with Crippen molar-refractivity contribution in [3.63, 3.8) is 0 Å². The van der Waals surface area contributed by atoms with E-state index in [9.17, 15) is 4.79 Å². The predicted octanol–water partition coefficient (Wildman–Crippen LogP) is 2.82. The average Bonchev–Trinajstić information content (AvgIpc) is 2.82. The highest BCUT2D eigenvalue weighted by Crippen LogP contribution is 2.16. The normalized spacial score (nSPS) is 10.9. The first-order chi connectivity index (χ1) is 11.1. The first-order valence-corrected chi connectivity index (χ1v) is 8.99. The number of rotatable bonds is 9. The summed E-state index contributed by atoms with van der Waals surface area (Å²) < 4.78 is 4.90. The summed E-state index contributed by atoms with van der Waals surface area (Å²) >= 11 is 1.75. The molecule has 1 aromatic heterocycles. The van der Waals surface area contributed by atoms with Crippen LogP contribution in [0.5, 0.6) is 0 Å². The maximum atomic E-state index is 11.3. The van der Waals surface area contributed by atoms with E-state index < -0.39 is 0 Å². The molecule has 0 amide bonds. The van der Waals surface area contributed by atoms with Crippen LogP contribution in [0.4, 0.5) is 0 Å². The van der Waals surface area contributed by atoms with Crippen LogP contribution in [0.15, 0.2) is 4.99 Å². The zero-order chi connectivity index (χ0) is 17.1. The second kappa shape index (κ2) is 13.4. The van der Waals surface area contributed by atoms with E-state index in [1.54, 1.807) is 11.3 Å². The minimum absolute atomic E-state index is 0. The molecular weight excluding hydrogens is 439 g/mol. The molecule has 138 valence electrons. The second-order valence-corrected chi connectivity index (χ2v) is 6.38. The number of halogens is 1. The van der Waals surface area contributed by atoms with Gasteiger partial charge in [0.2, 0.25) is 0 Å². The van der Waals surface area contributed by atoms with Crippen LogP contribution in [0, 0.1) is 13.8 Å². The molecule has 1 aromatic rings. The Bertz CT molecular complexity index is 501. The van der Waals surface area contributed by atoms with Gasteiger partial charge in [-0.2, -0.15) is 0 Å². The van der Waals surface area contributed by atoms with Crippen LogP contribution in [-0.4, -0.2) is 43.2 Å². The van der Waals surface area contributed by atoms with E-state index in [2.05, 4.69) is 27.5 Å². The van der Waals surface area contributed by atoms with Crippen LogP contribution < -0.4 is 10.6 Å². The van der Waals surface area contributed by atoms with Crippen molar-refractivity contribution in [3.05, 3.63) is 15.6 Å². The summed E-state index contributed by atoms with van der Waals surface area (Å²) in [4.78, 5) is 21.5. The molecule has 0 aliphatic carbocycles. The van der Waals surface area contributed by atoms with E-state index >= 15 is 0 Å². The zero-order valence-corrected chi connectivity index (χ0v) is 18.1. The molecule has 0 fully saturated rings. The number of aliphatic imine (C=N–C) groups is 1. The molecule has 0 unspecified atom stereocenters. The van der Waals surface area contributed by atoms with Gasteiger partial charge < -0.3 is 15.4 Å². The molecule has 0 bridgehead atoms. The number of esters is 1. The molecule has 1 rings (SSSR count). The first kappa shape index (κ1) is 23.1. The van der Waals surface area contributed by atoms with Gasteiger partial charge in [-0.25, -0.2) is 4.98 Å². The number of carbonyl (C=O) groups excluding carboxylic acids is 1. The summed E-state index contributed by atoms with van der Waals surface area (Å²) in [7, 11) is 0. The van der Waals surface area contributed by atoms with Gasteiger partial charge in [0.05, 0.1) is 17.3 Å². The van der Waals surface area contributed by atoms with E-state index in [-0.39, 0.29) is 29.9 Å². The lowest BCUT2D eigenvalue weighted by Gasteiger charge is -2.10. The number of thiazole rings is 1. The van der Waals surface area contributed by atoms with Crippen LogP contribution in [0.2, 0.25) is 0 Å². The Morgan fingerprint density at radius 1 is 1.29 bits per heavy atom. The van der Waals surface area contributed by atoms with Crippen molar-refractivity contribution in [2.45, 2.75) is 47.0 Å². The molecule has 0 saturated carbocycles. The van der Waals surface area contributed by atoms with Gasteiger partial charge in [0.1, 0.15) is 0 Å². The van der Waals surface area contributed by atoms with Gasteiger partial charge in [0, 0.05) is 37.4 Å². The minimum atomic E-state index is -0.157. The molecule has 0 aliphatic heterocycles. The van der Waals surface area contributed by atoms with Crippen LogP contribution in [0.3, 0.4) is 0 Å². The molecule has 2 N–H and O–H groups in total. The van der Waals surface area contributed by atoms with Gasteiger partial charge in [0.25, 0.3) is 0 Å². The molecule has 0 atom stereocenters. The number of nitrogens with one attached hydrogen (secondary N) is 2. The van der Waals surface area contributed by atoms with E-state index in [0.717, 1.165) is 36.2 Å². The second-order valence-electron chi connectivity index (χ2n) is 5.10. The van der Waals surface area contributed by atoms with Crippen LogP contribution >= 0.6 is 35.3 Å². The number of aromatic nitrogens is 1. The Hall–Kier alpha value is -0.900. The smallest absolute Gasteiger partial charge is 0.305 e. The van der Waals surface area contributed by atoms with E-state index in [0.29, 0.717) is 26.0 Å². The number of hydrogen-bond donors (Lipinski definition) is 2. The quantitative estimate of drug-likeness (QED) is 0.192. The molecule has 0 radical (unpaired) electrons. The Labute approximate surface area is 165 Å². The molecule has 8 heteroatoms. The number of nitrogens with zero attached hydrogens (tertiary/aromatic N) is 2. The molecule has 1 heterocycles. The highest BCUT2D eigenvalue weighted by Gasteiger charge is 2.04. The first-order valence-electron chi connectivity index (χ1n) is 8.17. The van der Waals surface area contributed by atoms with Crippen molar-refractivity contribution in [2.75, 3.05) is 26.2 Å². The summed E-state index contributed by atoms with van der Waals surface area (Å²) in [6, 6.07) is 0. The predicted molar refractivity (Wildman–Crippen MR) is 111 cm³/mol. The zero-order valence-electron chi connectivity index (χ0n) is 15.0. The number of guanidine groups is 1. The summed E-state index contributed by atoms with van der Waals surface area (Å²) in [6.45, 7) is 10.6. The lowest BCUT2D eigenvalue weighted by Crippen LogP contribution is -2.38. The van der Waals surface area contributed by atoms with Gasteiger partial charge in [-0.3, -0.25) is 9.79 Å². The van der Waals surface area contributed by atoms with Gasteiger partial charge in [-0.15, -0.1) is 35.3 Å². The number of carbonyl (C=O) groups is 1. The summed E-state index contributed by atoms with van der Waals surface area (Å²) in [5, 5.41) is 7.65. The van der Waals surface area contributed by atoms with Gasteiger partial charge in [-0.05, 0) is 34.1 Å². The van der Waals surface area contributed by atoms with Crippen LogP contribution in [-0.2, 0) is 16.0 Å². The van der Waals surface area contributed by atoms with Crippen LogP contribution in [0.1, 0.15) is 42.3 Å². The Balaban J connectivity index is 0.00000529. The van der Waals surface area contributed by atoms with E-state index in [4.69, 9.17) is 4.74 Å². The number of ether oxygens (including phenoxy) is 1. The molecule has 0 saturated heterocycles. The topological polar surface area (TPSA) is 75.6 Å². The van der Waals surface area contributed by atoms with Crippen molar-refractivity contribution in [1.82, 2.24) is 15.6 Å². The molecule has 0 spiro atoms. The van der Waals surface area contributed by atoms with Crippen molar-refractivity contribution in [3.8, 4) is 0 Å². The van der Waals surface area contributed by atoms with Crippen molar-refractivity contribution >= 4 is 47.2 Å². The van der Waals surface area contributed by atoms with Gasteiger partial charge in [0.15, 0.2) is 5.96 Å². The van der Waals surface area contributed by atoms with Crippen molar-refractivity contribution < 1.29 is 9.53 Å². The van der Waals surface area contributed by atoms with E-state index in [1.165, 1.54) is 4.88 Å². The standard InChI is InChI=1S/C16H28N4O2S.HI/c1-5-17-16(18-10-7-8-15(21)22-6-2)19-11-9-14-20-12(3)13(4)23-14;/h5-11H2,1-4H3,(H2,17,18,19);1H. The monoisotopic (exact) mass is 468 g/mol. The van der Waals surface area contributed by atoms with Gasteiger partial charge >= 0.3 is 5.97 Å². The molecule has 0 aromatic carbocycles. The van der Waals surface area contributed by atoms with Crippen LogP contribution in [0.25, 0.3) is 0 Å². The largest absolute Gasteiger partial charge is 0.466 e. The fourth-order valence-electron chi connectivity index (χ4n) is 1.92. The lowest BCUT2D eigenvalue weighted by molar-refractivity contribution is -0.143. The SMILES string of the molecule is CCNC(=NCCCC(=O)OCC)NCCc1nc(C)c(C)s1.I. The number of aryl methyl sites for hydroxylation is 2. The molecule has 6 nitrogen and oxygen atoms in total. The minimum Gasteiger partial charge on any atom is -0.466 e. The molecule has 24 heavy (non-hydrogen) atoms. The Morgan fingerprint density at radius 3 is 2.62 bits per heavy atom. The highest BCUT2D eigenvalue weighted by molar-refractivity contribution is 14.0. The Kier molecular flexibility index (Phi) is 12.9. The summed E-state index contributed by atoms with van der Waals surface area (Å²) in [5.74, 6) is 0.622. The van der Waals surface area contributed by atoms with Gasteiger partial charge in [-0.1, -0.05) is 0 Å². The maximum absolute atomic E-state index is 11.3. The average molecular weight is 468 g/mol. The fraction of sp³-hybridized carbons (Fsp3) is 0.688. The highest BCUT2D eigenvalue weighted by atomic mass is 127. The fourth-order valence-corrected chi connectivity index (χ4v) is 2.86. The number of hydrogen-bond acceptors (Lipinski definition) is 5. The summed E-state index contributed by atoms with van der Waals surface area (Å²) in [5.41, 5.74) is 1.12.